The fourth-order valence-corrected chi connectivity index (χ4v) is 0.860. The van der Waals surface area contributed by atoms with Crippen molar-refractivity contribution in [3.63, 3.8) is 0 Å². The van der Waals surface area contributed by atoms with E-state index in [4.69, 9.17) is 0 Å². The fourth-order valence-electron chi connectivity index (χ4n) is 0.426. The summed E-state index contributed by atoms with van der Waals surface area (Å²) in [5, 5.41) is 7.34. The average Bonchev–Trinajstić information content (AvgIpc) is 1.86. The Balaban J connectivity index is 2.18. The minimum absolute atomic E-state index is 0.234. The molecule has 0 aromatic rings. The van der Waals surface area contributed by atoms with Crippen LogP contribution in [0.2, 0.25) is 0 Å². The molecule has 0 amide bonds. The van der Waals surface area contributed by atoms with Crippen molar-refractivity contribution < 1.29 is 0 Å². The van der Waals surface area contributed by atoms with Crippen molar-refractivity contribution in [1.29, 1.82) is 0 Å². The predicted molar refractivity (Wildman–Crippen MR) is 27.7 cm³/mol. The molecule has 0 aromatic carbocycles. The Morgan fingerprint density at radius 2 is 2.67 bits per heavy atom. The molecule has 1 unspecified atom stereocenters. The van der Waals surface area contributed by atoms with Crippen LogP contribution < -0.4 is 10.6 Å². The van der Waals surface area contributed by atoms with Gasteiger partial charge in [-0.2, -0.15) is 0 Å². The number of alkyl halides is 1. The van der Waals surface area contributed by atoms with Crippen molar-refractivity contribution in [1.82, 2.24) is 10.6 Å². The Hall–Kier alpha value is 0.400. The van der Waals surface area contributed by atoms with Crippen LogP contribution in [-0.4, -0.2) is 18.2 Å². The second kappa shape index (κ2) is 1.91. The molecule has 3 heteroatoms. The van der Waals surface area contributed by atoms with Gasteiger partial charge in [-0.15, -0.1) is 0 Å². The van der Waals surface area contributed by atoms with E-state index < -0.39 is 0 Å². The summed E-state index contributed by atoms with van der Waals surface area (Å²) in [7, 11) is 0. The Bertz CT molecular complexity index is 42.1. The van der Waals surface area contributed by atoms with E-state index in [1.807, 2.05) is 0 Å². The Labute approximate surface area is 45.4 Å². The summed E-state index contributed by atoms with van der Waals surface area (Å²) in [6, 6.07) is 0. The van der Waals surface area contributed by atoms with Gasteiger partial charge in [0.2, 0.25) is 0 Å². The van der Waals surface area contributed by atoms with Gasteiger partial charge in [0.15, 0.2) is 0 Å². The molecule has 1 aliphatic heterocycles. The molecule has 1 saturated heterocycles. The molecule has 0 saturated carbocycles. The van der Waals surface area contributed by atoms with Gasteiger partial charge < -0.3 is 0 Å². The first kappa shape index (κ1) is 4.56. The van der Waals surface area contributed by atoms with Crippen LogP contribution in [0.15, 0.2) is 0 Å². The van der Waals surface area contributed by atoms with Gasteiger partial charge in [0.05, 0.1) is 0 Å². The number of hydrogen-bond acceptors (Lipinski definition) is 1. The van der Waals surface area contributed by atoms with Crippen LogP contribution in [-0.2, 0) is 0 Å². The van der Waals surface area contributed by atoms with Gasteiger partial charge in [-0.3, -0.25) is 5.32 Å². The van der Waals surface area contributed by atoms with E-state index >= 15 is 0 Å². The standard InChI is InChI=1S/C3H6BrN2/c4-3-5-1-2-6-3/h3,5H,1-2H2. The van der Waals surface area contributed by atoms with Crippen LogP contribution in [0.4, 0.5) is 0 Å². The maximum atomic E-state index is 4.04. The average molecular weight is 150 g/mol. The monoisotopic (exact) mass is 149 g/mol. The lowest BCUT2D eigenvalue weighted by Gasteiger charge is -1.92. The quantitative estimate of drug-likeness (QED) is 0.378. The second-order valence-corrected chi connectivity index (χ2v) is 2.06. The molecule has 1 radical (unpaired) electrons. The van der Waals surface area contributed by atoms with E-state index in [0.29, 0.717) is 0 Å². The number of halogens is 1. The smallest absolute Gasteiger partial charge is 0.130 e. The van der Waals surface area contributed by atoms with Gasteiger partial charge in [-0.05, 0) is 0 Å². The SMILES string of the molecule is BrC1[N]CCN1. The van der Waals surface area contributed by atoms with Crippen molar-refractivity contribution in [3.05, 3.63) is 0 Å². The molecule has 0 aromatic heterocycles. The third kappa shape index (κ3) is 0.929. The molecule has 1 rings (SSSR count). The van der Waals surface area contributed by atoms with E-state index in [2.05, 4.69) is 26.6 Å². The van der Waals surface area contributed by atoms with Crippen molar-refractivity contribution in [2.45, 2.75) is 5.08 Å². The van der Waals surface area contributed by atoms with E-state index in [1.165, 1.54) is 0 Å². The first-order valence-electron chi connectivity index (χ1n) is 1.93. The molecule has 1 heterocycles. The molecule has 0 spiro atoms. The van der Waals surface area contributed by atoms with Crippen LogP contribution in [0.1, 0.15) is 0 Å². The van der Waals surface area contributed by atoms with Crippen molar-refractivity contribution in [2.24, 2.45) is 0 Å². The number of rotatable bonds is 0. The van der Waals surface area contributed by atoms with Gasteiger partial charge >= 0.3 is 0 Å². The molecular weight excluding hydrogens is 144 g/mol. The number of hydrogen-bond donors (Lipinski definition) is 1. The van der Waals surface area contributed by atoms with Crippen LogP contribution in [0.3, 0.4) is 0 Å². The minimum atomic E-state index is 0.234. The summed E-state index contributed by atoms with van der Waals surface area (Å²) in [4.78, 5) is 0. The van der Waals surface area contributed by atoms with Crippen molar-refractivity contribution in [3.8, 4) is 0 Å². The number of nitrogens with zero attached hydrogens (tertiary/aromatic N) is 1. The first-order valence-corrected chi connectivity index (χ1v) is 2.85. The van der Waals surface area contributed by atoms with Crippen LogP contribution >= 0.6 is 15.9 Å². The van der Waals surface area contributed by atoms with Gasteiger partial charge in [-0.1, -0.05) is 15.9 Å². The molecule has 0 aliphatic carbocycles. The first-order chi connectivity index (χ1) is 2.89. The maximum absolute atomic E-state index is 4.04. The molecule has 0 bridgehead atoms. The van der Waals surface area contributed by atoms with E-state index in [0.717, 1.165) is 13.1 Å². The number of nitrogens with one attached hydrogen (secondary N) is 1. The molecule has 35 valence electrons. The van der Waals surface area contributed by atoms with E-state index in [-0.39, 0.29) is 5.08 Å². The van der Waals surface area contributed by atoms with E-state index in [1.54, 1.807) is 0 Å². The van der Waals surface area contributed by atoms with Crippen LogP contribution in [0.25, 0.3) is 0 Å². The van der Waals surface area contributed by atoms with Crippen LogP contribution in [0, 0.1) is 0 Å². The Morgan fingerprint density at radius 1 is 1.83 bits per heavy atom. The lowest BCUT2D eigenvalue weighted by atomic mass is 10.7. The molecule has 1 atom stereocenters. The summed E-state index contributed by atoms with van der Waals surface area (Å²) >= 11 is 3.26. The molecule has 1 N–H and O–H groups in total. The Morgan fingerprint density at radius 3 is 2.83 bits per heavy atom. The highest BCUT2D eigenvalue weighted by atomic mass is 79.9. The summed E-state index contributed by atoms with van der Waals surface area (Å²) in [5.74, 6) is 0. The van der Waals surface area contributed by atoms with Gasteiger partial charge in [-0.25, -0.2) is 5.32 Å². The Kier molecular flexibility index (Phi) is 1.45. The summed E-state index contributed by atoms with van der Waals surface area (Å²) in [6.45, 7) is 1.98. The highest BCUT2D eigenvalue weighted by Gasteiger charge is 2.07. The zero-order chi connectivity index (χ0) is 4.41. The maximum Gasteiger partial charge on any atom is 0.130 e. The summed E-state index contributed by atoms with van der Waals surface area (Å²) < 4.78 is 0. The molecule has 1 fully saturated rings. The lowest BCUT2D eigenvalue weighted by Crippen LogP contribution is -2.17. The second-order valence-electron chi connectivity index (χ2n) is 1.20. The predicted octanol–water partition coefficient (Wildman–Crippen LogP) is -0.127. The molecule has 1 aliphatic rings. The van der Waals surface area contributed by atoms with Crippen LogP contribution in [0.5, 0.6) is 0 Å². The summed E-state index contributed by atoms with van der Waals surface area (Å²) in [6.07, 6.45) is 0. The normalized spacial score (nSPS) is 25.5. The van der Waals surface area contributed by atoms with Gasteiger partial charge in [0.1, 0.15) is 5.08 Å². The lowest BCUT2D eigenvalue weighted by molar-refractivity contribution is 0.747. The molecule has 6 heavy (non-hydrogen) atoms. The highest BCUT2D eigenvalue weighted by molar-refractivity contribution is 9.09. The van der Waals surface area contributed by atoms with Gasteiger partial charge in [0, 0.05) is 13.1 Å². The molecule has 2 nitrogen and oxygen atoms in total. The zero-order valence-electron chi connectivity index (χ0n) is 3.32. The zero-order valence-corrected chi connectivity index (χ0v) is 4.90. The summed E-state index contributed by atoms with van der Waals surface area (Å²) in [5.41, 5.74) is 0. The fraction of sp³-hybridized carbons (Fsp3) is 1.00. The van der Waals surface area contributed by atoms with Crippen molar-refractivity contribution in [2.75, 3.05) is 13.1 Å². The molecular formula is C3H6BrN2. The van der Waals surface area contributed by atoms with Gasteiger partial charge in [0.25, 0.3) is 0 Å². The third-order valence-electron chi connectivity index (χ3n) is 0.714. The van der Waals surface area contributed by atoms with E-state index in [9.17, 15) is 0 Å². The van der Waals surface area contributed by atoms with Crippen molar-refractivity contribution >= 4 is 15.9 Å². The highest BCUT2D eigenvalue weighted by Crippen LogP contribution is 1.94. The minimum Gasteiger partial charge on any atom is -0.290 e. The third-order valence-corrected chi connectivity index (χ3v) is 1.33. The topological polar surface area (TPSA) is 26.1 Å². The largest absolute Gasteiger partial charge is 0.290 e.